The first-order chi connectivity index (χ1) is 9.70. The summed E-state index contributed by atoms with van der Waals surface area (Å²) in [5.41, 5.74) is 0.547. The Balaban J connectivity index is 2.05. The number of benzene rings is 1. The van der Waals surface area contributed by atoms with Gasteiger partial charge in [-0.25, -0.2) is 4.79 Å². The van der Waals surface area contributed by atoms with E-state index in [0.717, 1.165) is 37.9 Å². The standard InChI is InChI=1S/C16H21IO3/c1-19-15(18)16(10-2-3-11-16)20-14-8-6-13(7-9-14)5-4-12-17/h6-9H,2-5,10-12H2,1H3. The van der Waals surface area contributed by atoms with Crippen LogP contribution in [-0.4, -0.2) is 23.1 Å². The van der Waals surface area contributed by atoms with Gasteiger partial charge in [0.2, 0.25) is 5.60 Å². The van der Waals surface area contributed by atoms with E-state index in [0.29, 0.717) is 0 Å². The number of halogens is 1. The second-order valence-electron chi connectivity index (χ2n) is 5.23. The molecule has 0 N–H and O–H groups in total. The van der Waals surface area contributed by atoms with E-state index < -0.39 is 5.60 Å². The first-order valence-electron chi connectivity index (χ1n) is 7.12. The molecule has 0 bridgehead atoms. The Kier molecular flexibility index (Phi) is 5.69. The molecule has 1 aromatic rings. The number of alkyl halides is 1. The molecule has 2 rings (SSSR count). The van der Waals surface area contributed by atoms with Gasteiger partial charge in [0.25, 0.3) is 0 Å². The predicted molar refractivity (Wildman–Crippen MR) is 87.5 cm³/mol. The molecule has 0 amide bonds. The Labute approximate surface area is 134 Å². The maximum atomic E-state index is 12.0. The van der Waals surface area contributed by atoms with Gasteiger partial charge in [-0.3, -0.25) is 0 Å². The van der Waals surface area contributed by atoms with Gasteiger partial charge in [0.15, 0.2) is 0 Å². The molecule has 0 spiro atoms. The predicted octanol–water partition coefficient (Wildman–Crippen LogP) is 3.92. The summed E-state index contributed by atoms with van der Waals surface area (Å²) in [6.45, 7) is 0. The molecule has 3 nitrogen and oxygen atoms in total. The van der Waals surface area contributed by atoms with E-state index >= 15 is 0 Å². The SMILES string of the molecule is COC(=O)C1(Oc2ccc(CCCI)cc2)CCCC1. The van der Waals surface area contributed by atoms with Crippen molar-refractivity contribution < 1.29 is 14.3 Å². The van der Waals surface area contributed by atoms with E-state index in [1.165, 1.54) is 23.5 Å². The molecule has 20 heavy (non-hydrogen) atoms. The fourth-order valence-corrected chi connectivity index (χ4v) is 3.08. The Morgan fingerprint density at radius 3 is 2.45 bits per heavy atom. The van der Waals surface area contributed by atoms with Gasteiger partial charge in [-0.05, 0) is 60.6 Å². The van der Waals surface area contributed by atoms with E-state index in [9.17, 15) is 4.79 Å². The van der Waals surface area contributed by atoms with Crippen molar-refractivity contribution in [3.8, 4) is 5.75 Å². The van der Waals surface area contributed by atoms with Crippen LogP contribution in [0.5, 0.6) is 5.75 Å². The normalized spacial score (nSPS) is 16.9. The van der Waals surface area contributed by atoms with Crippen molar-refractivity contribution in [2.24, 2.45) is 0 Å². The molecule has 1 aromatic carbocycles. The molecule has 0 atom stereocenters. The van der Waals surface area contributed by atoms with Crippen LogP contribution in [0.4, 0.5) is 0 Å². The number of hydrogen-bond acceptors (Lipinski definition) is 3. The zero-order valence-corrected chi connectivity index (χ0v) is 14.0. The molecule has 0 radical (unpaired) electrons. The fourth-order valence-electron chi connectivity index (χ4n) is 2.70. The van der Waals surface area contributed by atoms with E-state index in [4.69, 9.17) is 9.47 Å². The summed E-state index contributed by atoms with van der Waals surface area (Å²) in [6.07, 6.45) is 5.80. The van der Waals surface area contributed by atoms with Crippen molar-refractivity contribution in [2.75, 3.05) is 11.5 Å². The van der Waals surface area contributed by atoms with Crippen LogP contribution in [0, 0.1) is 0 Å². The number of esters is 1. The highest BCUT2D eigenvalue weighted by atomic mass is 127. The third-order valence-corrected chi connectivity index (χ3v) is 4.57. The molecular formula is C16H21IO3. The fraction of sp³-hybridized carbons (Fsp3) is 0.562. The molecule has 0 aromatic heterocycles. The number of methoxy groups -OCH3 is 1. The zero-order valence-electron chi connectivity index (χ0n) is 11.9. The number of carbonyl (C=O) groups is 1. The lowest BCUT2D eigenvalue weighted by atomic mass is 10.0. The van der Waals surface area contributed by atoms with Crippen molar-refractivity contribution in [1.82, 2.24) is 0 Å². The van der Waals surface area contributed by atoms with E-state index in [-0.39, 0.29) is 5.97 Å². The smallest absolute Gasteiger partial charge is 0.350 e. The minimum atomic E-state index is -0.765. The van der Waals surface area contributed by atoms with Gasteiger partial charge >= 0.3 is 5.97 Å². The molecule has 0 unspecified atom stereocenters. The summed E-state index contributed by atoms with van der Waals surface area (Å²) in [5, 5.41) is 0. The Bertz CT molecular complexity index is 436. The van der Waals surface area contributed by atoms with Gasteiger partial charge in [-0.15, -0.1) is 0 Å². The maximum absolute atomic E-state index is 12.0. The van der Waals surface area contributed by atoms with Gasteiger partial charge in [0, 0.05) is 0 Å². The lowest BCUT2D eigenvalue weighted by Crippen LogP contribution is -2.42. The van der Waals surface area contributed by atoms with Crippen LogP contribution in [0.1, 0.15) is 37.7 Å². The van der Waals surface area contributed by atoms with Crippen LogP contribution < -0.4 is 4.74 Å². The first kappa shape index (κ1) is 15.6. The molecule has 1 fully saturated rings. The molecular weight excluding hydrogens is 367 g/mol. The lowest BCUT2D eigenvalue weighted by molar-refractivity contribution is -0.158. The van der Waals surface area contributed by atoms with E-state index in [1.807, 2.05) is 12.1 Å². The van der Waals surface area contributed by atoms with Crippen molar-refractivity contribution in [1.29, 1.82) is 0 Å². The number of aryl methyl sites for hydroxylation is 1. The minimum Gasteiger partial charge on any atom is -0.476 e. The highest BCUT2D eigenvalue weighted by Crippen LogP contribution is 2.35. The summed E-state index contributed by atoms with van der Waals surface area (Å²) in [6, 6.07) is 8.10. The number of ether oxygens (including phenoxy) is 2. The third kappa shape index (κ3) is 3.65. The highest BCUT2D eigenvalue weighted by molar-refractivity contribution is 14.1. The van der Waals surface area contributed by atoms with E-state index in [2.05, 4.69) is 34.7 Å². The molecule has 110 valence electrons. The van der Waals surface area contributed by atoms with Gasteiger partial charge in [0.1, 0.15) is 5.75 Å². The Hall–Kier alpha value is -0.780. The molecule has 0 saturated heterocycles. The van der Waals surface area contributed by atoms with Crippen LogP contribution in [0.25, 0.3) is 0 Å². The number of hydrogen-bond donors (Lipinski definition) is 0. The van der Waals surface area contributed by atoms with Crippen molar-refractivity contribution in [3.63, 3.8) is 0 Å². The van der Waals surface area contributed by atoms with Gasteiger partial charge < -0.3 is 9.47 Å². The average Bonchev–Trinajstić information content (AvgIpc) is 2.95. The van der Waals surface area contributed by atoms with E-state index in [1.54, 1.807) is 0 Å². The monoisotopic (exact) mass is 388 g/mol. The second-order valence-corrected chi connectivity index (χ2v) is 6.31. The third-order valence-electron chi connectivity index (χ3n) is 3.80. The molecule has 1 saturated carbocycles. The molecule has 4 heteroatoms. The van der Waals surface area contributed by atoms with Crippen molar-refractivity contribution in [3.05, 3.63) is 29.8 Å². The summed E-state index contributed by atoms with van der Waals surface area (Å²) in [4.78, 5) is 12.0. The molecule has 0 aliphatic heterocycles. The molecule has 0 heterocycles. The quantitative estimate of drug-likeness (QED) is 0.421. The zero-order chi connectivity index (χ0) is 14.4. The largest absolute Gasteiger partial charge is 0.476 e. The number of rotatable bonds is 6. The van der Waals surface area contributed by atoms with Gasteiger partial charge in [0.05, 0.1) is 7.11 Å². The summed E-state index contributed by atoms with van der Waals surface area (Å²) < 4.78 is 12.1. The first-order valence-corrected chi connectivity index (χ1v) is 8.65. The summed E-state index contributed by atoms with van der Waals surface area (Å²) >= 11 is 2.39. The van der Waals surface area contributed by atoms with Crippen LogP contribution >= 0.6 is 22.6 Å². The highest BCUT2D eigenvalue weighted by Gasteiger charge is 2.44. The number of carbonyl (C=O) groups excluding carboxylic acids is 1. The van der Waals surface area contributed by atoms with Crippen molar-refractivity contribution in [2.45, 2.75) is 44.1 Å². The van der Waals surface area contributed by atoms with Gasteiger partial charge in [-0.2, -0.15) is 0 Å². The topological polar surface area (TPSA) is 35.5 Å². The summed E-state index contributed by atoms with van der Waals surface area (Å²) in [5.74, 6) is 0.513. The van der Waals surface area contributed by atoms with Crippen LogP contribution in [-0.2, 0) is 16.0 Å². The lowest BCUT2D eigenvalue weighted by Gasteiger charge is -2.27. The minimum absolute atomic E-state index is 0.246. The van der Waals surface area contributed by atoms with Crippen LogP contribution in [0.15, 0.2) is 24.3 Å². The average molecular weight is 388 g/mol. The van der Waals surface area contributed by atoms with Crippen molar-refractivity contribution >= 4 is 28.6 Å². The maximum Gasteiger partial charge on any atom is 0.350 e. The Morgan fingerprint density at radius 2 is 1.90 bits per heavy atom. The Morgan fingerprint density at radius 1 is 1.25 bits per heavy atom. The second kappa shape index (κ2) is 7.29. The van der Waals surface area contributed by atoms with Crippen LogP contribution in [0.2, 0.25) is 0 Å². The molecule has 1 aliphatic carbocycles. The summed E-state index contributed by atoms with van der Waals surface area (Å²) in [7, 11) is 1.43. The molecule has 1 aliphatic rings. The van der Waals surface area contributed by atoms with Gasteiger partial charge in [-0.1, -0.05) is 34.7 Å². The van der Waals surface area contributed by atoms with Crippen LogP contribution in [0.3, 0.4) is 0 Å².